The van der Waals surface area contributed by atoms with Crippen LogP contribution in [0.4, 0.5) is 0 Å². The van der Waals surface area contributed by atoms with Crippen LogP contribution in [0.1, 0.15) is 39.7 Å². The summed E-state index contributed by atoms with van der Waals surface area (Å²) >= 11 is 0. The van der Waals surface area contributed by atoms with Crippen LogP contribution in [0.25, 0.3) is 0 Å². The van der Waals surface area contributed by atoms with Crippen molar-refractivity contribution in [1.29, 1.82) is 0 Å². The van der Waals surface area contributed by atoms with Crippen molar-refractivity contribution in [2.75, 3.05) is 0 Å². The van der Waals surface area contributed by atoms with E-state index < -0.39 is 0 Å². The van der Waals surface area contributed by atoms with Crippen molar-refractivity contribution in [2.45, 2.75) is 52.7 Å². The highest BCUT2D eigenvalue weighted by Crippen LogP contribution is 2.18. The minimum atomic E-state index is 0.100. The van der Waals surface area contributed by atoms with Gasteiger partial charge in [-0.25, -0.2) is 4.98 Å². The van der Waals surface area contributed by atoms with Gasteiger partial charge in [0.2, 0.25) is 5.88 Å². The van der Waals surface area contributed by atoms with Crippen molar-refractivity contribution < 1.29 is 4.74 Å². The molecule has 114 valence electrons. The van der Waals surface area contributed by atoms with Crippen LogP contribution >= 0.6 is 0 Å². The second-order valence-electron chi connectivity index (χ2n) is 6.15. The Kier molecular flexibility index (Phi) is 4.96. The quantitative estimate of drug-likeness (QED) is 0.885. The summed E-state index contributed by atoms with van der Waals surface area (Å²) in [7, 11) is 0. The second-order valence-corrected chi connectivity index (χ2v) is 6.15. The second kappa shape index (κ2) is 6.72. The Morgan fingerprint density at radius 1 is 1.24 bits per heavy atom. The number of ether oxygens (including phenoxy) is 1. The molecule has 0 aliphatic heterocycles. The number of nitrogens with zero attached hydrogens (tertiary/aromatic N) is 3. The maximum absolute atomic E-state index is 5.69. The monoisotopic (exact) mass is 288 g/mol. The molecule has 0 saturated heterocycles. The molecule has 0 radical (unpaired) electrons. The molecule has 0 bridgehead atoms. The van der Waals surface area contributed by atoms with Gasteiger partial charge in [-0.1, -0.05) is 13.0 Å². The normalized spacial score (nSPS) is 11.6. The summed E-state index contributed by atoms with van der Waals surface area (Å²) < 4.78 is 7.56. The highest BCUT2D eigenvalue weighted by molar-refractivity contribution is 5.24. The molecule has 5 nitrogen and oxygen atoms in total. The van der Waals surface area contributed by atoms with Gasteiger partial charge < -0.3 is 10.1 Å². The fourth-order valence-electron chi connectivity index (χ4n) is 1.81. The van der Waals surface area contributed by atoms with Crippen molar-refractivity contribution in [1.82, 2.24) is 20.1 Å². The highest BCUT2D eigenvalue weighted by atomic mass is 16.5. The van der Waals surface area contributed by atoms with Gasteiger partial charge in [-0.05, 0) is 32.8 Å². The summed E-state index contributed by atoms with van der Waals surface area (Å²) in [6, 6.07) is 3.91. The van der Waals surface area contributed by atoms with E-state index in [-0.39, 0.29) is 5.54 Å². The maximum atomic E-state index is 5.69. The zero-order valence-corrected chi connectivity index (χ0v) is 13.3. The average molecular weight is 288 g/mol. The molecule has 0 aliphatic rings. The predicted molar refractivity (Wildman–Crippen MR) is 83.4 cm³/mol. The van der Waals surface area contributed by atoms with Gasteiger partial charge in [0.05, 0.1) is 12.4 Å². The third-order valence-corrected chi connectivity index (χ3v) is 2.91. The van der Waals surface area contributed by atoms with E-state index in [1.54, 1.807) is 6.20 Å². The minimum Gasteiger partial charge on any atom is -0.436 e. The van der Waals surface area contributed by atoms with E-state index in [1.165, 1.54) is 0 Å². The lowest BCUT2D eigenvalue weighted by molar-refractivity contribution is 0.423. The topological polar surface area (TPSA) is 52.0 Å². The molecule has 0 spiro atoms. The Morgan fingerprint density at radius 3 is 2.67 bits per heavy atom. The molecular formula is C16H24N4O. The Labute approximate surface area is 126 Å². The van der Waals surface area contributed by atoms with Crippen LogP contribution in [-0.4, -0.2) is 20.3 Å². The van der Waals surface area contributed by atoms with Crippen LogP contribution in [0.15, 0.2) is 30.7 Å². The van der Waals surface area contributed by atoms with Crippen molar-refractivity contribution in [3.8, 4) is 11.6 Å². The third kappa shape index (κ3) is 5.19. The number of hydrogen-bond acceptors (Lipinski definition) is 4. The molecule has 0 atom stereocenters. The highest BCUT2D eigenvalue weighted by Gasteiger charge is 2.08. The molecule has 21 heavy (non-hydrogen) atoms. The maximum Gasteiger partial charge on any atom is 0.219 e. The third-order valence-electron chi connectivity index (χ3n) is 2.91. The van der Waals surface area contributed by atoms with E-state index in [9.17, 15) is 0 Å². The number of nitrogens with one attached hydrogen (secondary N) is 1. The smallest absolute Gasteiger partial charge is 0.219 e. The molecule has 2 aromatic heterocycles. The van der Waals surface area contributed by atoms with Gasteiger partial charge in [-0.2, -0.15) is 5.10 Å². The summed E-state index contributed by atoms with van der Waals surface area (Å²) in [6.45, 7) is 10.2. The molecule has 0 saturated carbocycles. The zero-order chi connectivity index (χ0) is 15.3. The molecule has 0 fully saturated rings. The van der Waals surface area contributed by atoms with E-state index in [2.05, 4.69) is 43.1 Å². The van der Waals surface area contributed by atoms with Crippen LogP contribution in [0.3, 0.4) is 0 Å². The fourth-order valence-corrected chi connectivity index (χ4v) is 1.81. The molecule has 0 aliphatic carbocycles. The number of aromatic nitrogens is 3. The van der Waals surface area contributed by atoms with E-state index in [1.807, 2.05) is 29.2 Å². The van der Waals surface area contributed by atoms with Crippen LogP contribution in [0.5, 0.6) is 11.6 Å². The first-order valence-electron chi connectivity index (χ1n) is 7.36. The first kappa shape index (κ1) is 15.5. The van der Waals surface area contributed by atoms with Gasteiger partial charge in [0.25, 0.3) is 0 Å². The minimum absolute atomic E-state index is 0.100. The van der Waals surface area contributed by atoms with Gasteiger partial charge in [-0.3, -0.25) is 4.68 Å². The van der Waals surface area contributed by atoms with Crippen LogP contribution < -0.4 is 10.1 Å². The fraction of sp³-hybridized carbons (Fsp3) is 0.500. The Hall–Kier alpha value is -1.88. The number of rotatable bonds is 6. The van der Waals surface area contributed by atoms with Gasteiger partial charge in [0, 0.05) is 30.9 Å². The molecule has 2 heterocycles. The predicted octanol–water partition coefficient (Wildman–Crippen LogP) is 3.37. The molecule has 0 aromatic carbocycles. The lowest BCUT2D eigenvalue weighted by atomic mass is 10.1. The Bertz CT molecular complexity index is 554. The first-order valence-corrected chi connectivity index (χ1v) is 7.36. The zero-order valence-electron chi connectivity index (χ0n) is 13.3. The van der Waals surface area contributed by atoms with E-state index in [0.29, 0.717) is 5.88 Å². The molecule has 0 unspecified atom stereocenters. The SMILES string of the molecule is CCCn1cc(Oc2ccc(CNC(C)(C)C)cn2)cn1. The van der Waals surface area contributed by atoms with Gasteiger partial charge in [0.1, 0.15) is 0 Å². The lowest BCUT2D eigenvalue weighted by Crippen LogP contribution is -2.35. The Morgan fingerprint density at radius 2 is 2.05 bits per heavy atom. The van der Waals surface area contributed by atoms with E-state index in [0.717, 1.165) is 30.8 Å². The number of aryl methyl sites for hydroxylation is 1. The molecule has 0 amide bonds. The Balaban J connectivity index is 1.92. The first-order chi connectivity index (χ1) is 9.96. The van der Waals surface area contributed by atoms with Crippen molar-refractivity contribution in [3.05, 3.63) is 36.3 Å². The molecule has 1 N–H and O–H groups in total. The largest absolute Gasteiger partial charge is 0.436 e. The van der Waals surface area contributed by atoms with Crippen molar-refractivity contribution in [3.63, 3.8) is 0 Å². The summed E-state index contributed by atoms with van der Waals surface area (Å²) in [5.74, 6) is 1.31. The van der Waals surface area contributed by atoms with Gasteiger partial charge >= 0.3 is 0 Å². The van der Waals surface area contributed by atoms with Crippen LogP contribution in [-0.2, 0) is 13.1 Å². The van der Waals surface area contributed by atoms with Gasteiger partial charge in [-0.15, -0.1) is 0 Å². The van der Waals surface area contributed by atoms with E-state index >= 15 is 0 Å². The average Bonchev–Trinajstić information content (AvgIpc) is 2.85. The van der Waals surface area contributed by atoms with Crippen LogP contribution in [0.2, 0.25) is 0 Å². The van der Waals surface area contributed by atoms with Crippen molar-refractivity contribution in [2.24, 2.45) is 0 Å². The summed E-state index contributed by atoms with van der Waals surface area (Å²) in [4.78, 5) is 4.33. The molecule has 2 aromatic rings. The summed E-state index contributed by atoms with van der Waals surface area (Å²) in [6.07, 6.45) is 6.49. The number of pyridine rings is 1. The van der Waals surface area contributed by atoms with E-state index in [4.69, 9.17) is 4.74 Å². The molecule has 2 rings (SSSR count). The van der Waals surface area contributed by atoms with Crippen molar-refractivity contribution >= 4 is 0 Å². The lowest BCUT2D eigenvalue weighted by Gasteiger charge is -2.20. The molecular weight excluding hydrogens is 264 g/mol. The summed E-state index contributed by atoms with van der Waals surface area (Å²) in [5, 5.41) is 7.66. The van der Waals surface area contributed by atoms with Gasteiger partial charge in [0.15, 0.2) is 5.75 Å². The molecule has 5 heteroatoms. The number of hydrogen-bond donors (Lipinski definition) is 1. The summed E-state index contributed by atoms with van der Waals surface area (Å²) in [5.41, 5.74) is 1.24. The van der Waals surface area contributed by atoms with Crippen LogP contribution in [0, 0.1) is 0 Å². The standard InChI is InChI=1S/C16H24N4O/c1-5-8-20-12-14(11-19-20)21-15-7-6-13(9-17-15)10-18-16(2,3)4/h6-7,9,11-12,18H,5,8,10H2,1-4H3.